The van der Waals surface area contributed by atoms with Crippen molar-refractivity contribution in [3.8, 4) is 0 Å². The first-order valence-corrected chi connectivity index (χ1v) is 7.34. The number of fused-ring (bicyclic) bond motifs is 1. The molecule has 104 valence electrons. The first kappa shape index (κ1) is 13.2. The first-order chi connectivity index (χ1) is 9.75. The molecule has 0 fully saturated rings. The summed E-state index contributed by atoms with van der Waals surface area (Å²) < 4.78 is 0. The number of hydrogen-bond acceptors (Lipinski definition) is 2. The van der Waals surface area contributed by atoms with E-state index in [1.807, 2.05) is 0 Å². The molecule has 1 aliphatic rings. The van der Waals surface area contributed by atoms with Crippen molar-refractivity contribution in [1.82, 2.24) is 5.32 Å². The summed E-state index contributed by atoms with van der Waals surface area (Å²) in [4.78, 5) is 2.42. The Kier molecular flexibility index (Phi) is 3.75. The Bertz CT molecular complexity index is 591. The van der Waals surface area contributed by atoms with Crippen LogP contribution in [0.5, 0.6) is 0 Å². The molecule has 0 aromatic heterocycles. The lowest BCUT2D eigenvalue weighted by atomic mass is 9.97. The summed E-state index contributed by atoms with van der Waals surface area (Å²) in [7, 11) is 2.21. The van der Waals surface area contributed by atoms with Crippen molar-refractivity contribution in [3.63, 3.8) is 0 Å². The average Bonchev–Trinajstić information content (AvgIpc) is 2.69. The summed E-state index contributed by atoms with van der Waals surface area (Å²) >= 11 is 0. The van der Waals surface area contributed by atoms with E-state index in [-0.39, 0.29) is 0 Å². The van der Waals surface area contributed by atoms with Gasteiger partial charge in [0.2, 0.25) is 0 Å². The summed E-state index contributed by atoms with van der Waals surface area (Å²) in [6.45, 7) is 4.20. The molecule has 0 amide bonds. The zero-order chi connectivity index (χ0) is 13.9. The summed E-state index contributed by atoms with van der Waals surface area (Å²) in [5, 5.41) is 3.52. The lowest BCUT2D eigenvalue weighted by Crippen LogP contribution is -2.25. The monoisotopic (exact) mass is 266 g/mol. The predicted molar refractivity (Wildman–Crippen MR) is 85.1 cm³/mol. The second-order valence-corrected chi connectivity index (χ2v) is 5.63. The van der Waals surface area contributed by atoms with Gasteiger partial charge in [0.15, 0.2) is 0 Å². The van der Waals surface area contributed by atoms with Gasteiger partial charge in [-0.1, -0.05) is 36.4 Å². The Morgan fingerprint density at radius 3 is 2.80 bits per heavy atom. The molecular weight excluding hydrogens is 244 g/mol. The van der Waals surface area contributed by atoms with E-state index in [4.69, 9.17) is 0 Å². The number of aryl methyl sites for hydroxylation is 1. The average molecular weight is 266 g/mol. The van der Waals surface area contributed by atoms with E-state index < -0.39 is 0 Å². The van der Waals surface area contributed by atoms with Crippen LogP contribution in [0.1, 0.15) is 29.2 Å². The highest BCUT2D eigenvalue weighted by Gasteiger charge is 2.22. The molecule has 1 aliphatic heterocycles. The minimum absolute atomic E-state index is 0.447. The van der Waals surface area contributed by atoms with Gasteiger partial charge in [-0.05, 0) is 48.7 Å². The van der Waals surface area contributed by atoms with Gasteiger partial charge in [-0.15, -0.1) is 0 Å². The van der Waals surface area contributed by atoms with Gasteiger partial charge >= 0.3 is 0 Å². The van der Waals surface area contributed by atoms with Crippen molar-refractivity contribution in [1.29, 1.82) is 0 Å². The van der Waals surface area contributed by atoms with Crippen molar-refractivity contribution in [2.24, 2.45) is 0 Å². The highest BCUT2D eigenvalue weighted by molar-refractivity contribution is 5.51. The van der Waals surface area contributed by atoms with Gasteiger partial charge in [0.1, 0.15) is 0 Å². The number of rotatable bonds is 2. The largest absolute Gasteiger partial charge is 0.367 e. The van der Waals surface area contributed by atoms with E-state index in [0.717, 1.165) is 19.5 Å². The maximum atomic E-state index is 3.52. The smallest absolute Gasteiger partial charge is 0.0554 e. The number of hydrogen-bond donors (Lipinski definition) is 1. The molecule has 3 rings (SSSR count). The molecule has 1 unspecified atom stereocenters. The van der Waals surface area contributed by atoms with Crippen LogP contribution in [0.3, 0.4) is 0 Å². The fraction of sp³-hybridized carbons (Fsp3) is 0.333. The van der Waals surface area contributed by atoms with Crippen molar-refractivity contribution in [3.05, 3.63) is 65.2 Å². The normalized spacial score (nSPS) is 18.2. The van der Waals surface area contributed by atoms with Crippen molar-refractivity contribution < 1.29 is 0 Å². The molecule has 1 heterocycles. The van der Waals surface area contributed by atoms with Crippen LogP contribution in [0.2, 0.25) is 0 Å². The summed E-state index contributed by atoms with van der Waals surface area (Å²) in [6.07, 6.45) is 1.14. The Morgan fingerprint density at radius 2 is 1.95 bits per heavy atom. The Morgan fingerprint density at radius 1 is 1.10 bits per heavy atom. The van der Waals surface area contributed by atoms with E-state index in [9.17, 15) is 0 Å². The van der Waals surface area contributed by atoms with E-state index in [1.165, 1.54) is 22.4 Å². The maximum Gasteiger partial charge on any atom is 0.0554 e. The van der Waals surface area contributed by atoms with E-state index in [0.29, 0.717) is 6.04 Å². The van der Waals surface area contributed by atoms with Gasteiger partial charge < -0.3 is 10.2 Å². The minimum atomic E-state index is 0.447. The second-order valence-electron chi connectivity index (χ2n) is 5.63. The Hall–Kier alpha value is -1.80. The van der Waals surface area contributed by atoms with Crippen LogP contribution in [0.4, 0.5) is 5.69 Å². The van der Waals surface area contributed by atoms with Crippen LogP contribution >= 0.6 is 0 Å². The molecule has 2 heteroatoms. The molecule has 1 atom stereocenters. The summed E-state index contributed by atoms with van der Waals surface area (Å²) in [5.41, 5.74) is 5.50. The van der Waals surface area contributed by atoms with E-state index in [1.54, 1.807) is 0 Å². The van der Waals surface area contributed by atoms with E-state index in [2.05, 4.69) is 72.7 Å². The molecule has 20 heavy (non-hydrogen) atoms. The van der Waals surface area contributed by atoms with Crippen molar-refractivity contribution in [2.45, 2.75) is 25.9 Å². The highest BCUT2D eigenvalue weighted by Crippen LogP contribution is 2.32. The van der Waals surface area contributed by atoms with Gasteiger partial charge in [0.05, 0.1) is 6.04 Å². The topological polar surface area (TPSA) is 15.3 Å². The van der Waals surface area contributed by atoms with Gasteiger partial charge in [0, 0.05) is 19.3 Å². The lowest BCUT2D eigenvalue weighted by molar-refractivity contribution is 0.589. The lowest BCUT2D eigenvalue weighted by Gasteiger charge is -2.30. The van der Waals surface area contributed by atoms with Crippen molar-refractivity contribution >= 4 is 5.69 Å². The zero-order valence-corrected chi connectivity index (χ0v) is 12.3. The summed E-state index contributed by atoms with van der Waals surface area (Å²) in [6, 6.07) is 18.0. The fourth-order valence-corrected chi connectivity index (χ4v) is 3.07. The van der Waals surface area contributed by atoms with Crippen LogP contribution in [0, 0.1) is 6.92 Å². The molecule has 0 spiro atoms. The molecule has 0 aliphatic carbocycles. The van der Waals surface area contributed by atoms with Gasteiger partial charge in [0.25, 0.3) is 0 Å². The van der Waals surface area contributed by atoms with Crippen LogP contribution in [0.15, 0.2) is 48.5 Å². The molecule has 0 radical (unpaired) electrons. The number of nitrogens with zero attached hydrogens (tertiary/aromatic N) is 1. The van der Waals surface area contributed by atoms with Crippen LogP contribution in [-0.4, -0.2) is 13.6 Å². The Labute approximate surface area is 121 Å². The highest BCUT2D eigenvalue weighted by atomic mass is 15.1. The first-order valence-electron chi connectivity index (χ1n) is 7.34. The quantitative estimate of drug-likeness (QED) is 0.892. The number of anilines is 1. The van der Waals surface area contributed by atoms with Gasteiger partial charge in [-0.25, -0.2) is 0 Å². The third kappa shape index (κ3) is 2.56. The van der Waals surface area contributed by atoms with Gasteiger partial charge in [-0.3, -0.25) is 0 Å². The molecular formula is C18H22N2. The standard InChI is InChI=1S/C18H22N2/c1-14-6-5-8-16(12-14)20(2)18-10-11-19-13-15-7-3-4-9-17(15)18/h3-9,12,18-19H,10-11,13H2,1-2H3. The molecule has 0 bridgehead atoms. The fourth-order valence-electron chi connectivity index (χ4n) is 3.07. The van der Waals surface area contributed by atoms with Crippen LogP contribution in [0.25, 0.3) is 0 Å². The van der Waals surface area contributed by atoms with Crippen LogP contribution < -0.4 is 10.2 Å². The molecule has 2 aromatic rings. The molecule has 2 aromatic carbocycles. The molecule has 0 saturated heterocycles. The third-order valence-corrected chi connectivity index (χ3v) is 4.20. The number of benzene rings is 2. The van der Waals surface area contributed by atoms with Crippen LogP contribution in [-0.2, 0) is 6.54 Å². The third-order valence-electron chi connectivity index (χ3n) is 4.20. The Balaban J connectivity index is 1.97. The predicted octanol–water partition coefficient (Wildman–Crippen LogP) is 3.67. The van der Waals surface area contributed by atoms with Gasteiger partial charge in [-0.2, -0.15) is 0 Å². The second kappa shape index (κ2) is 5.68. The van der Waals surface area contributed by atoms with Crippen molar-refractivity contribution in [2.75, 3.05) is 18.5 Å². The molecule has 2 nitrogen and oxygen atoms in total. The maximum absolute atomic E-state index is 3.52. The minimum Gasteiger partial charge on any atom is -0.367 e. The van der Waals surface area contributed by atoms with E-state index >= 15 is 0 Å². The molecule has 1 N–H and O–H groups in total. The summed E-state index contributed by atoms with van der Waals surface area (Å²) in [5.74, 6) is 0. The zero-order valence-electron chi connectivity index (χ0n) is 12.3. The molecule has 0 saturated carbocycles. The number of nitrogens with one attached hydrogen (secondary N) is 1. The SMILES string of the molecule is Cc1cccc(N(C)C2CCNCc3ccccc32)c1.